The van der Waals surface area contributed by atoms with E-state index in [1.54, 1.807) is 0 Å². The van der Waals surface area contributed by atoms with Crippen molar-refractivity contribution in [2.75, 3.05) is 40.9 Å². The van der Waals surface area contributed by atoms with Crippen LogP contribution in [0.2, 0.25) is 0 Å². The van der Waals surface area contributed by atoms with Gasteiger partial charge in [0.2, 0.25) is 5.91 Å². The van der Waals surface area contributed by atoms with Gasteiger partial charge in [0, 0.05) is 12.8 Å². The zero-order valence-corrected chi connectivity index (χ0v) is 52.8. The number of carbonyl (C=O) groups excluding carboxylic acids is 2. The van der Waals surface area contributed by atoms with Crippen LogP contribution < -0.4 is 10.2 Å². The number of unbranched alkanes of at least 4 members (excludes halogenated alkanes) is 41. The maximum Gasteiger partial charge on any atom is 0.306 e. The minimum absolute atomic E-state index is 0.0189. The molecule has 0 saturated carbocycles. The zero-order chi connectivity index (χ0) is 56.4. The fraction of sp³-hybridized carbons (Fsp3) is 0.881. The van der Waals surface area contributed by atoms with Gasteiger partial charge >= 0.3 is 5.97 Å². The van der Waals surface area contributed by atoms with Gasteiger partial charge in [-0.05, 0) is 63.9 Å². The average Bonchev–Trinajstić information content (AvgIpc) is 3.39. The third-order valence-electron chi connectivity index (χ3n) is 15.1. The van der Waals surface area contributed by atoms with E-state index in [0.29, 0.717) is 17.4 Å². The Bertz CT molecular complexity index is 1410. The van der Waals surface area contributed by atoms with Gasteiger partial charge in [-0.2, -0.15) is 0 Å². The van der Waals surface area contributed by atoms with Crippen LogP contribution in [0.4, 0.5) is 0 Å². The number of phosphoric acid groups is 1. The molecular formula is C67H129N2O7P. The Morgan fingerprint density at radius 2 is 0.792 bits per heavy atom. The van der Waals surface area contributed by atoms with Crippen molar-refractivity contribution in [1.82, 2.24) is 5.32 Å². The normalized spacial score (nSPS) is 13.8. The Balaban J connectivity index is 4.96. The highest BCUT2D eigenvalue weighted by molar-refractivity contribution is 7.45. The molecule has 3 unspecified atom stereocenters. The van der Waals surface area contributed by atoms with E-state index in [9.17, 15) is 19.0 Å². The van der Waals surface area contributed by atoms with E-state index in [0.717, 1.165) is 64.2 Å². The number of hydrogen-bond acceptors (Lipinski definition) is 7. The molecule has 0 radical (unpaired) electrons. The van der Waals surface area contributed by atoms with Crippen molar-refractivity contribution in [2.24, 2.45) is 0 Å². The number of ether oxygens (including phenoxy) is 1. The van der Waals surface area contributed by atoms with E-state index in [4.69, 9.17) is 13.8 Å². The lowest BCUT2D eigenvalue weighted by molar-refractivity contribution is -0.870. The van der Waals surface area contributed by atoms with Crippen molar-refractivity contribution in [3.8, 4) is 0 Å². The van der Waals surface area contributed by atoms with Crippen LogP contribution >= 0.6 is 7.82 Å². The number of rotatable bonds is 61. The van der Waals surface area contributed by atoms with Crippen LogP contribution in [0, 0.1) is 0 Å². The first kappa shape index (κ1) is 75.2. The number of allylic oxidation sites excluding steroid dienone is 5. The molecule has 10 heteroatoms. The molecular weight excluding hydrogens is 976 g/mol. The van der Waals surface area contributed by atoms with Gasteiger partial charge in [0.05, 0.1) is 33.8 Å². The largest absolute Gasteiger partial charge is 0.756 e. The molecule has 454 valence electrons. The topological polar surface area (TPSA) is 114 Å². The summed E-state index contributed by atoms with van der Waals surface area (Å²) in [6.45, 7) is 6.85. The van der Waals surface area contributed by atoms with Crippen LogP contribution in [0.3, 0.4) is 0 Å². The highest BCUT2D eigenvalue weighted by Crippen LogP contribution is 2.38. The van der Waals surface area contributed by atoms with Gasteiger partial charge < -0.3 is 28.5 Å². The van der Waals surface area contributed by atoms with Gasteiger partial charge in [0.1, 0.15) is 19.3 Å². The van der Waals surface area contributed by atoms with Crippen LogP contribution in [0.15, 0.2) is 36.5 Å². The van der Waals surface area contributed by atoms with Crippen LogP contribution in [0.25, 0.3) is 0 Å². The minimum Gasteiger partial charge on any atom is -0.756 e. The third kappa shape index (κ3) is 58.7. The number of esters is 1. The summed E-state index contributed by atoms with van der Waals surface area (Å²) < 4.78 is 30.3. The van der Waals surface area contributed by atoms with Crippen LogP contribution in [0.5, 0.6) is 0 Å². The lowest BCUT2D eigenvalue weighted by Gasteiger charge is -2.30. The molecule has 0 aromatic heterocycles. The van der Waals surface area contributed by atoms with Crippen molar-refractivity contribution in [2.45, 2.75) is 341 Å². The second-order valence-electron chi connectivity index (χ2n) is 24.0. The molecule has 1 N–H and O–H groups in total. The van der Waals surface area contributed by atoms with Gasteiger partial charge in [0.15, 0.2) is 0 Å². The molecule has 0 saturated heterocycles. The summed E-state index contributed by atoms with van der Waals surface area (Å²) in [5.74, 6) is -0.525. The molecule has 0 aliphatic rings. The number of carbonyl (C=O) groups is 2. The summed E-state index contributed by atoms with van der Waals surface area (Å²) >= 11 is 0. The number of phosphoric ester groups is 1. The summed E-state index contributed by atoms with van der Waals surface area (Å²) in [5.41, 5.74) is 0. The molecule has 0 fully saturated rings. The van der Waals surface area contributed by atoms with E-state index < -0.39 is 20.0 Å². The first-order valence-corrected chi connectivity index (χ1v) is 34.8. The van der Waals surface area contributed by atoms with Crippen molar-refractivity contribution >= 4 is 19.7 Å². The van der Waals surface area contributed by atoms with Gasteiger partial charge in [-0.3, -0.25) is 14.2 Å². The lowest BCUT2D eigenvalue weighted by atomic mass is 10.0. The lowest BCUT2D eigenvalue weighted by Crippen LogP contribution is -2.47. The Morgan fingerprint density at radius 1 is 0.455 bits per heavy atom. The monoisotopic (exact) mass is 1100 g/mol. The molecule has 0 aliphatic heterocycles. The molecule has 0 aromatic carbocycles. The Labute approximate surface area is 478 Å². The van der Waals surface area contributed by atoms with Gasteiger partial charge in [0.25, 0.3) is 7.82 Å². The number of nitrogens with zero attached hydrogens (tertiary/aromatic N) is 1. The zero-order valence-electron chi connectivity index (χ0n) is 51.9. The standard InChI is InChI=1S/C67H129N2O7P/c1-7-10-13-16-19-22-25-27-28-29-30-31-32-33-34-35-36-37-38-39-40-42-45-48-51-54-57-60-67(71)76-65(58-55-52-49-46-44-41-26-23-20-17-14-11-8-2)64(63-75-77(72,73)74-62-61-69(4,5)6)68-66(70)59-56-53-50-47-43-24-21-18-15-12-9-3/h19,22,27-28,55,58,64-65H,7-18,20-21,23-26,29-54,56-57,59-63H2,1-6H3,(H-,68,70,72,73)/b22-19-,28-27-,58-55-. The highest BCUT2D eigenvalue weighted by Gasteiger charge is 2.27. The highest BCUT2D eigenvalue weighted by atomic mass is 31.2. The molecule has 0 aromatic rings. The van der Waals surface area contributed by atoms with Crippen molar-refractivity contribution < 1.29 is 37.3 Å². The average molecular weight is 1110 g/mol. The van der Waals surface area contributed by atoms with Gasteiger partial charge in [-0.1, -0.05) is 289 Å². The van der Waals surface area contributed by atoms with Crippen molar-refractivity contribution in [1.29, 1.82) is 0 Å². The summed E-state index contributed by atoms with van der Waals surface area (Å²) in [6, 6.07) is -0.882. The molecule has 0 aliphatic carbocycles. The summed E-state index contributed by atoms with van der Waals surface area (Å²) in [4.78, 5) is 40.0. The number of nitrogens with one attached hydrogen (secondary N) is 1. The molecule has 0 spiro atoms. The van der Waals surface area contributed by atoms with E-state index in [1.165, 1.54) is 231 Å². The summed E-state index contributed by atoms with van der Waals surface area (Å²) in [6.07, 6.45) is 69.8. The fourth-order valence-corrected chi connectivity index (χ4v) is 10.6. The SMILES string of the molecule is CCCCC/C=C\C/C=C\CCCCCCCCCCCCCCCCCCCC(=O)OC(/C=C\CCCCCCCCCCCCC)C(COP(=O)([O-])OCC[N+](C)(C)C)NC(=O)CCCCCCCCCCCCC. The first-order chi connectivity index (χ1) is 37.4. The van der Waals surface area contributed by atoms with Gasteiger partial charge in [-0.15, -0.1) is 0 Å². The predicted molar refractivity (Wildman–Crippen MR) is 330 cm³/mol. The number of amides is 1. The van der Waals surface area contributed by atoms with Gasteiger partial charge in [-0.25, -0.2) is 0 Å². The second-order valence-corrected chi connectivity index (χ2v) is 25.4. The van der Waals surface area contributed by atoms with Crippen LogP contribution in [-0.2, 0) is 27.9 Å². The van der Waals surface area contributed by atoms with Crippen LogP contribution in [0.1, 0.15) is 329 Å². The Kier molecular flexibility index (Phi) is 56.1. The summed E-state index contributed by atoms with van der Waals surface area (Å²) in [5, 5.41) is 3.03. The quantitative estimate of drug-likeness (QED) is 0.0212. The fourth-order valence-electron chi connectivity index (χ4n) is 9.91. The van der Waals surface area contributed by atoms with E-state index in [1.807, 2.05) is 33.3 Å². The maximum absolute atomic E-state index is 13.5. The van der Waals surface area contributed by atoms with Crippen LogP contribution in [-0.4, -0.2) is 69.4 Å². The summed E-state index contributed by atoms with van der Waals surface area (Å²) in [7, 11) is 1.20. The van der Waals surface area contributed by atoms with Crippen molar-refractivity contribution in [3.05, 3.63) is 36.5 Å². The smallest absolute Gasteiger partial charge is 0.306 e. The molecule has 0 bridgehead atoms. The molecule has 9 nitrogen and oxygen atoms in total. The molecule has 77 heavy (non-hydrogen) atoms. The minimum atomic E-state index is -4.69. The van der Waals surface area contributed by atoms with E-state index in [-0.39, 0.29) is 31.5 Å². The second kappa shape index (κ2) is 57.5. The molecule has 0 heterocycles. The number of hydrogen-bond donors (Lipinski definition) is 1. The number of quaternary nitrogens is 1. The predicted octanol–water partition coefficient (Wildman–Crippen LogP) is 20.0. The molecule has 1 amide bonds. The molecule has 3 atom stereocenters. The number of likely N-dealkylation sites (N-methyl/N-ethyl adjacent to an activating group) is 1. The maximum atomic E-state index is 13.5. The third-order valence-corrected chi connectivity index (χ3v) is 16.0. The molecule has 0 rings (SSSR count). The Morgan fingerprint density at radius 3 is 1.19 bits per heavy atom. The van der Waals surface area contributed by atoms with E-state index in [2.05, 4.69) is 50.4 Å². The Hall–Kier alpha value is -1.77. The van der Waals surface area contributed by atoms with E-state index >= 15 is 0 Å². The first-order valence-electron chi connectivity index (χ1n) is 33.3. The van der Waals surface area contributed by atoms with Crippen molar-refractivity contribution in [3.63, 3.8) is 0 Å².